The predicted octanol–water partition coefficient (Wildman–Crippen LogP) is 3.56. The molecule has 0 atom stereocenters. The standard InChI is InChI=1S/C16H18N4OS/c1-12-11-13(22-15-17-7-4-8-18-15)5-6-14(12)19-16(21)20-9-2-3-10-20/h4-8,11H,2-3,9-10H2,1H3,(H,19,21). The van der Waals surface area contributed by atoms with Crippen LogP contribution in [-0.4, -0.2) is 34.0 Å². The van der Waals surface area contributed by atoms with Crippen LogP contribution in [0, 0.1) is 6.92 Å². The minimum atomic E-state index is -0.00704. The van der Waals surface area contributed by atoms with Crippen molar-refractivity contribution in [2.75, 3.05) is 18.4 Å². The minimum absolute atomic E-state index is 0.00704. The van der Waals surface area contributed by atoms with E-state index in [-0.39, 0.29) is 6.03 Å². The molecule has 0 bridgehead atoms. The van der Waals surface area contributed by atoms with Crippen molar-refractivity contribution in [1.82, 2.24) is 14.9 Å². The summed E-state index contributed by atoms with van der Waals surface area (Å²) in [6, 6.07) is 7.75. The Kier molecular flexibility index (Phi) is 4.58. The predicted molar refractivity (Wildman–Crippen MR) is 87.2 cm³/mol. The van der Waals surface area contributed by atoms with Crippen molar-refractivity contribution in [3.63, 3.8) is 0 Å². The molecule has 114 valence electrons. The first kappa shape index (κ1) is 14.8. The number of carbonyl (C=O) groups is 1. The first-order chi connectivity index (χ1) is 10.7. The number of aryl methyl sites for hydroxylation is 1. The molecule has 1 N–H and O–H groups in total. The number of aromatic nitrogens is 2. The zero-order valence-electron chi connectivity index (χ0n) is 12.5. The third-order valence-electron chi connectivity index (χ3n) is 3.58. The summed E-state index contributed by atoms with van der Waals surface area (Å²) in [5.74, 6) is 0. The van der Waals surface area contributed by atoms with Crippen molar-refractivity contribution in [2.24, 2.45) is 0 Å². The Hall–Kier alpha value is -2.08. The van der Waals surface area contributed by atoms with Crippen molar-refractivity contribution in [2.45, 2.75) is 29.8 Å². The quantitative estimate of drug-likeness (QED) is 0.880. The van der Waals surface area contributed by atoms with Crippen LogP contribution in [0.25, 0.3) is 0 Å². The van der Waals surface area contributed by atoms with E-state index < -0.39 is 0 Å². The number of nitrogens with one attached hydrogen (secondary N) is 1. The van der Waals surface area contributed by atoms with Gasteiger partial charge in [-0.15, -0.1) is 0 Å². The van der Waals surface area contributed by atoms with Gasteiger partial charge in [-0.05, 0) is 61.4 Å². The first-order valence-electron chi connectivity index (χ1n) is 7.34. The van der Waals surface area contributed by atoms with Crippen LogP contribution >= 0.6 is 11.8 Å². The van der Waals surface area contributed by atoms with Gasteiger partial charge in [0.15, 0.2) is 5.16 Å². The number of benzene rings is 1. The molecule has 1 aliphatic heterocycles. The van der Waals surface area contributed by atoms with Crippen LogP contribution in [0.1, 0.15) is 18.4 Å². The molecule has 3 rings (SSSR count). The maximum absolute atomic E-state index is 12.1. The highest BCUT2D eigenvalue weighted by Gasteiger charge is 2.18. The smallest absolute Gasteiger partial charge is 0.321 e. The summed E-state index contributed by atoms with van der Waals surface area (Å²) in [6.45, 7) is 3.70. The minimum Gasteiger partial charge on any atom is -0.325 e. The summed E-state index contributed by atoms with van der Waals surface area (Å²) in [5, 5.41) is 3.71. The summed E-state index contributed by atoms with van der Waals surface area (Å²) in [4.78, 5) is 23.5. The Labute approximate surface area is 134 Å². The van der Waals surface area contributed by atoms with Crippen molar-refractivity contribution in [1.29, 1.82) is 0 Å². The van der Waals surface area contributed by atoms with Gasteiger partial charge in [-0.3, -0.25) is 0 Å². The van der Waals surface area contributed by atoms with Gasteiger partial charge in [0.1, 0.15) is 0 Å². The molecule has 0 saturated carbocycles. The Balaban J connectivity index is 1.68. The highest BCUT2D eigenvalue weighted by molar-refractivity contribution is 7.99. The van der Waals surface area contributed by atoms with E-state index in [4.69, 9.17) is 0 Å². The number of hydrogen-bond donors (Lipinski definition) is 1. The van der Waals surface area contributed by atoms with E-state index in [9.17, 15) is 4.79 Å². The lowest BCUT2D eigenvalue weighted by Crippen LogP contribution is -2.32. The van der Waals surface area contributed by atoms with Gasteiger partial charge in [0.05, 0.1) is 0 Å². The maximum atomic E-state index is 12.1. The van der Waals surface area contributed by atoms with E-state index in [0.717, 1.165) is 47.2 Å². The lowest BCUT2D eigenvalue weighted by atomic mass is 10.2. The normalized spacial score (nSPS) is 14.1. The molecule has 5 nitrogen and oxygen atoms in total. The van der Waals surface area contributed by atoms with Crippen LogP contribution in [0.3, 0.4) is 0 Å². The van der Waals surface area contributed by atoms with E-state index in [1.54, 1.807) is 18.5 Å². The van der Waals surface area contributed by atoms with E-state index in [0.29, 0.717) is 0 Å². The third kappa shape index (κ3) is 3.57. The zero-order chi connectivity index (χ0) is 15.4. The highest BCUT2D eigenvalue weighted by atomic mass is 32.2. The molecule has 1 saturated heterocycles. The molecule has 2 heterocycles. The number of hydrogen-bond acceptors (Lipinski definition) is 4. The van der Waals surface area contributed by atoms with E-state index in [1.165, 1.54) is 11.8 Å². The molecule has 0 aliphatic carbocycles. The molecule has 1 aliphatic rings. The molecule has 0 unspecified atom stereocenters. The van der Waals surface area contributed by atoms with Crippen LogP contribution in [-0.2, 0) is 0 Å². The van der Waals surface area contributed by atoms with Gasteiger partial charge < -0.3 is 10.2 Å². The molecule has 1 aromatic heterocycles. The Morgan fingerprint density at radius 1 is 1.23 bits per heavy atom. The molecule has 6 heteroatoms. The average Bonchev–Trinajstić information content (AvgIpc) is 3.05. The first-order valence-corrected chi connectivity index (χ1v) is 8.15. The van der Waals surface area contributed by atoms with Gasteiger partial charge in [-0.2, -0.15) is 0 Å². The monoisotopic (exact) mass is 314 g/mol. The van der Waals surface area contributed by atoms with Crippen molar-refractivity contribution < 1.29 is 4.79 Å². The highest BCUT2D eigenvalue weighted by Crippen LogP contribution is 2.28. The van der Waals surface area contributed by atoms with Gasteiger partial charge in [0, 0.05) is 36.1 Å². The van der Waals surface area contributed by atoms with Crippen molar-refractivity contribution >= 4 is 23.5 Å². The number of carbonyl (C=O) groups excluding carboxylic acids is 1. The van der Waals surface area contributed by atoms with Gasteiger partial charge in [-0.25, -0.2) is 14.8 Å². The van der Waals surface area contributed by atoms with Crippen molar-refractivity contribution in [3.05, 3.63) is 42.2 Å². The molecular weight excluding hydrogens is 296 g/mol. The Morgan fingerprint density at radius 3 is 2.64 bits per heavy atom. The van der Waals surface area contributed by atoms with Gasteiger partial charge in [0.2, 0.25) is 0 Å². The van der Waals surface area contributed by atoms with E-state index in [2.05, 4.69) is 15.3 Å². The Bertz CT molecular complexity index is 656. The van der Waals surface area contributed by atoms with Crippen LogP contribution in [0.5, 0.6) is 0 Å². The summed E-state index contributed by atoms with van der Waals surface area (Å²) < 4.78 is 0. The zero-order valence-corrected chi connectivity index (χ0v) is 13.3. The van der Waals surface area contributed by atoms with Gasteiger partial charge >= 0.3 is 6.03 Å². The molecule has 1 aromatic carbocycles. The average molecular weight is 314 g/mol. The molecule has 22 heavy (non-hydrogen) atoms. The number of rotatable bonds is 3. The molecule has 0 spiro atoms. The topological polar surface area (TPSA) is 58.1 Å². The molecular formula is C16H18N4OS. The molecule has 0 radical (unpaired) electrons. The molecule has 2 aromatic rings. The van der Waals surface area contributed by atoms with E-state index in [1.807, 2.05) is 30.0 Å². The van der Waals surface area contributed by atoms with Crippen LogP contribution in [0.4, 0.5) is 10.5 Å². The fraction of sp³-hybridized carbons (Fsp3) is 0.312. The number of amides is 2. The number of likely N-dealkylation sites (tertiary alicyclic amines) is 1. The third-order valence-corrected chi connectivity index (χ3v) is 4.47. The summed E-state index contributed by atoms with van der Waals surface area (Å²) in [6.07, 6.45) is 5.65. The van der Waals surface area contributed by atoms with E-state index >= 15 is 0 Å². The second-order valence-electron chi connectivity index (χ2n) is 5.23. The molecule has 1 fully saturated rings. The fourth-order valence-corrected chi connectivity index (χ4v) is 3.21. The van der Waals surface area contributed by atoms with Crippen LogP contribution < -0.4 is 5.32 Å². The maximum Gasteiger partial charge on any atom is 0.321 e. The Morgan fingerprint density at radius 2 is 1.95 bits per heavy atom. The van der Waals surface area contributed by atoms with Crippen LogP contribution in [0.2, 0.25) is 0 Å². The number of nitrogens with zero attached hydrogens (tertiary/aromatic N) is 3. The number of urea groups is 1. The fourth-order valence-electron chi connectivity index (χ4n) is 2.40. The van der Waals surface area contributed by atoms with Crippen LogP contribution in [0.15, 0.2) is 46.7 Å². The SMILES string of the molecule is Cc1cc(Sc2ncccn2)ccc1NC(=O)N1CCCC1. The summed E-state index contributed by atoms with van der Waals surface area (Å²) in [7, 11) is 0. The number of anilines is 1. The second-order valence-corrected chi connectivity index (χ2v) is 6.28. The van der Waals surface area contributed by atoms with Crippen molar-refractivity contribution in [3.8, 4) is 0 Å². The van der Waals surface area contributed by atoms with Gasteiger partial charge in [0.25, 0.3) is 0 Å². The molecule has 2 amide bonds. The lowest BCUT2D eigenvalue weighted by molar-refractivity contribution is 0.222. The lowest BCUT2D eigenvalue weighted by Gasteiger charge is -2.17. The van der Waals surface area contributed by atoms with Gasteiger partial charge in [-0.1, -0.05) is 0 Å². The summed E-state index contributed by atoms with van der Waals surface area (Å²) >= 11 is 1.51. The largest absolute Gasteiger partial charge is 0.325 e. The second kappa shape index (κ2) is 6.79. The summed E-state index contributed by atoms with van der Waals surface area (Å²) in [5.41, 5.74) is 1.89.